The smallest absolute Gasteiger partial charge is 0.255 e. The molecule has 0 aromatic heterocycles. The average Bonchev–Trinajstić information content (AvgIpc) is 2.29. The molecule has 0 atom stereocenters. The predicted octanol–water partition coefficient (Wildman–Crippen LogP) is 1.72. The molecule has 96 valence electrons. The van der Waals surface area contributed by atoms with E-state index in [9.17, 15) is 4.79 Å². The molecular formula is C11H16Cl2N2O2. The number of methoxy groups -OCH3 is 1. The predicted molar refractivity (Wildman–Crippen MR) is 71.5 cm³/mol. The van der Waals surface area contributed by atoms with E-state index in [1.807, 2.05) is 7.05 Å². The first-order chi connectivity index (χ1) is 7.69. The molecule has 0 aliphatic carbocycles. The third-order valence-corrected chi connectivity index (χ3v) is 2.30. The van der Waals surface area contributed by atoms with E-state index in [1.165, 1.54) is 7.11 Å². The van der Waals surface area contributed by atoms with E-state index in [0.717, 1.165) is 0 Å². The van der Waals surface area contributed by atoms with Crippen LogP contribution in [0.5, 0.6) is 5.75 Å². The maximum Gasteiger partial charge on any atom is 0.255 e. The lowest BCUT2D eigenvalue weighted by Gasteiger charge is -2.09. The quantitative estimate of drug-likeness (QED) is 0.807. The van der Waals surface area contributed by atoms with Crippen molar-refractivity contribution in [2.45, 2.75) is 0 Å². The zero-order valence-corrected chi connectivity index (χ0v) is 11.3. The van der Waals surface area contributed by atoms with Crippen LogP contribution in [0.3, 0.4) is 0 Å². The van der Waals surface area contributed by atoms with Gasteiger partial charge in [-0.3, -0.25) is 4.79 Å². The lowest BCUT2D eigenvalue weighted by molar-refractivity contribution is 0.0951. The van der Waals surface area contributed by atoms with Gasteiger partial charge in [-0.15, -0.1) is 12.4 Å². The number of amides is 1. The number of halogens is 2. The molecule has 1 aromatic rings. The Balaban J connectivity index is 0.00000256. The van der Waals surface area contributed by atoms with Gasteiger partial charge in [-0.05, 0) is 25.2 Å². The first-order valence-corrected chi connectivity index (χ1v) is 5.33. The van der Waals surface area contributed by atoms with Crippen molar-refractivity contribution in [1.82, 2.24) is 10.6 Å². The fraction of sp³-hybridized carbons (Fsp3) is 0.364. The number of likely N-dealkylation sites (N-methyl/N-ethyl adjacent to an activating group) is 1. The molecule has 6 heteroatoms. The van der Waals surface area contributed by atoms with Crippen LogP contribution in [0, 0.1) is 0 Å². The zero-order chi connectivity index (χ0) is 12.0. The maximum absolute atomic E-state index is 11.8. The Bertz CT molecular complexity index is 372. The lowest BCUT2D eigenvalue weighted by atomic mass is 10.2. The summed E-state index contributed by atoms with van der Waals surface area (Å²) in [5.41, 5.74) is 0.450. The fourth-order valence-electron chi connectivity index (χ4n) is 1.25. The van der Waals surface area contributed by atoms with Crippen LogP contribution < -0.4 is 15.4 Å². The fourth-order valence-corrected chi connectivity index (χ4v) is 1.43. The maximum atomic E-state index is 11.8. The molecule has 17 heavy (non-hydrogen) atoms. The summed E-state index contributed by atoms with van der Waals surface area (Å²) in [6.45, 7) is 1.28. The highest BCUT2D eigenvalue weighted by molar-refractivity contribution is 6.31. The first kappa shape index (κ1) is 16.0. The van der Waals surface area contributed by atoms with Crippen LogP contribution in [0.25, 0.3) is 0 Å². The monoisotopic (exact) mass is 278 g/mol. The average molecular weight is 279 g/mol. The minimum atomic E-state index is -0.186. The van der Waals surface area contributed by atoms with Gasteiger partial charge in [0.2, 0.25) is 0 Å². The van der Waals surface area contributed by atoms with Crippen molar-refractivity contribution in [2.24, 2.45) is 0 Å². The van der Waals surface area contributed by atoms with E-state index in [4.69, 9.17) is 16.3 Å². The summed E-state index contributed by atoms with van der Waals surface area (Å²) in [6.07, 6.45) is 0. The highest BCUT2D eigenvalue weighted by Crippen LogP contribution is 2.22. The molecule has 0 spiro atoms. The van der Waals surface area contributed by atoms with Crippen LogP contribution in [0.2, 0.25) is 5.02 Å². The van der Waals surface area contributed by atoms with Crippen molar-refractivity contribution in [2.75, 3.05) is 27.2 Å². The van der Waals surface area contributed by atoms with E-state index in [0.29, 0.717) is 29.4 Å². The van der Waals surface area contributed by atoms with E-state index < -0.39 is 0 Å². The molecule has 0 saturated heterocycles. The van der Waals surface area contributed by atoms with E-state index >= 15 is 0 Å². The highest BCUT2D eigenvalue weighted by Gasteiger charge is 2.11. The Morgan fingerprint density at radius 1 is 1.41 bits per heavy atom. The molecule has 1 rings (SSSR count). The van der Waals surface area contributed by atoms with Crippen LogP contribution in [0.1, 0.15) is 10.4 Å². The van der Waals surface area contributed by atoms with Gasteiger partial charge < -0.3 is 15.4 Å². The normalized spacial score (nSPS) is 9.35. The van der Waals surface area contributed by atoms with Gasteiger partial charge in [0.1, 0.15) is 5.75 Å². The van der Waals surface area contributed by atoms with Crippen LogP contribution in [0.4, 0.5) is 0 Å². The van der Waals surface area contributed by atoms with E-state index in [1.54, 1.807) is 18.2 Å². The first-order valence-electron chi connectivity index (χ1n) is 4.95. The van der Waals surface area contributed by atoms with E-state index in [-0.39, 0.29) is 18.3 Å². The Morgan fingerprint density at radius 3 is 2.71 bits per heavy atom. The standard InChI is InChI=1S/C11H15ClN2O2.ClH/c1-13-5-6-14-11(15)9-7-8(12)3-4-10(9)16-2;/h3-4,7,13H,5-6H2,1-2H3,(H,14,15);1H. The third kappa shape index (κ3) is 4.81. The van der Waals surface area contributed by atoms with Gasteiger partial charge in [-0.2, -0.15) is 0 Å². The minimum Gasteiger partial charge on any atom is -0.496 e. The second-order valence-electron chi connectivity index (χ2n) is 3.20. The zero-order valence-electron chi connectivity index (χ0n) is 9.75. The Kier molecular flexibility index (Phi) is 7.70. The molecule has 0 aliphatic rings. The number of ether oxygens (including phenoxy) is 1. The molecule has 1 amide bonds. The molecule has 0 bridgehead atoms. The van der Waals surface area contributed by atoms with Gasteiger partial charge in [-0.1, -0.05) is 11.6 Å². The topological polar surface area (TPSA) is 50.4 Å². The van der Waals surface area contributed by atoms with Crippen LogP contribution in [0.15, 0.2) is 18.2 Å². The van der Waals surface area contributed by atoms with Gasteiger partial charge in [0, 0.05) is 18.1 Å². The van der Waals surface area contributed by atoms with Gasteiger partial charge in [-0.25, -0.2) is 0 Å². The Labute approximate surface area is 112 Å². The summed E-state index contributed by atoms with van der Waals surface area (Å²) in [7, 11) is 3.35. The number of hydrogen-bond donors (Lipinski definition) is 2. The summed E-state index contributed by atoms with van der Waals surface area (Å²) >= 11 is 5.83. The molecule has 0 aliphatic heterocycles. The van der Waals surface area contributed by atoms with Crippen molar-refractivity contribution in [3.8, 4) is 5.75 Å². The molecule has 0 heterocycles. The van der Waals surface area contributed by atoms with E-state index in [2.05, 4.69) is 10.6 Å². The molecule has 0 radical (unpaired) electrons. The molecule has 0 saturated carbocycles. The van der Waals surface area contributed by atoms with Crippen molar-refractivity contribution < 1.29 is 9.53 Å². The lowest BCUT2D eigenvalue weighted by Crippen LogP contribution is -2.30. The van der Waals surface area contributed by atoms with Crippen LogP contribution >= 0.6 is 24.0 Å². The summed E-state index contributed by atoms with van der Waals surface area (Å²) < 4.78 is 5.09. The Morgan fingerprint density at radius 2 is 2.12 bits per heavy atom. The summed E-state index contributed by atoms with van der Waals surface area (Å²) in [5, 5.41) is 6.22. The van der Waals surface area contributed by atoms with Crippen molar-refractivity contribution in [1.29, 1.82) is 0 Å². The molecular weight excluding hydrogens is 263 g/mol. The Hall–Kier alpha value is -0.970. The largest absolute Gasteiger partial charge is 0.496 e. The van der Waals surface area contributed by atoms with Crippen molar-refractivity contribution >= 4 is 29.9 Å². The SMILES string of the molecule is CNCCNC(=O)c1cc(Cl)ccc1OC.Cl. The van der Waals surface area contributed by atoms with Crippen molar-refractivity contribution in [3.63, 3.8) is 0 Å². The van der Waals surface area contributed by atoms with Gasteiger partial charge in [0.15, 0.2) is 0 Å². The molecule has 1 aromatic carbocycles. The van der Waals surface area contributed by atoms with Crippen LogP contribution in [-0.4, -0.2) is 33.2 Å². The second-order valence-corrected chi connectivity index (χ2v) is 3.64. The number of benzene rings is 1. The number of nitrogens with one attached hydrogen (secondary N) is 2. The van der Waals surface area contributed by atoms with Gasteiger partial charge in [0.05, 0.1) is 12.7 Å². The van der Waals surface area contributed by atoms with Crippen molar-refractivity contribution in [3.05, 3.63) is 28.8 Å². The molecule has 4 nitrogen and oxygen atoms in total. The molecule has 0 fully saturated rings. The third-order valence-electron chi connectivity index (χ3n) is 2.07. The minimum absolute atomic E-state index is 0. The summed E-state index contributed by atoms with van der Waals surface area (Å²) in [5.74, 6) is 0.334. The molecule has 2 N–H and O–H groups in total. The number of carbonyl (C=O) groups excluding carboxylic acids is 1. The van der Waals surface area contributed by atoms with Gasteiger partial charge in [0.25, 0.3) is 5.91 Å². The van der Waals surface area contributed by atoms with Crippen LogP contribution in [-0.2, 0) is 0 Å². The highest BCUT2D eigenvalue weighted by atomic mass is 35.5. The summed E-state index contributed by atoms with van der Waals surface area (Å²) in [4.78, 5) is 11.8. The number of carbonyl (C=O) groups is 1. The van der Waals surface area contributed by atoms with Gasteiger partial charge >= 0.3 is 0 Å². The second kappa shape index (κ2) is 8.17. The summed E-state index contributed by atoms with van der Waals surface area (Å²) in [6, 6.07) is 4.95. The molecule has 0 unspecified atom stereocenters. The number of rotatable bonds is 5. The number of hydrogen-bond acceptors (Lipinski definition) is 3.